The second-order valence-electron chi connectivity index (χ2n) is 7.58. The summed E-state index contributed by atoms with van der Waals surface area (Å²) in [4.78, 5) is 14.9. The Balaban J connectivity index is 1.71. The van der Waals surface area contributed by atoms with Crippen LogP contribution in [0.4, 0.5) is 5.69 Å². The van der Waals surface area contributed by atoms with Crippen LogP contribution in [0.2, 0.25) is 0 Å². The van der Waals surface area contributed by atoms with Gasteiger partial charge in [0.15, 0.2) is 0 Å². The van der Waals surface area contributed by atoms with E-state index in [9.17, 15) is 9.90 Å². The van der Waals surface area contributed by atoms with Gasteiger partial charge < -0.3 is 25.2 Å². The predicted octanol–water partition coefficient (Wildman–Crippen LogP) is 2.96. The zero-order valence-electron chi connectivity index (χ0n) is 17.8. The monoisotopic (exact) mass is 396 g/mol. The molecule has 0 bridgehead atoms. The number of carbonyl (C=O) groups excluding carboxylic acids is 1. The van der Waals surface area contributed by atoms with Gasteiger partial charge in [-0.15, -0.1) is 0 Å². The third-order valence-electron chi connectivity index (χ3n) is 5.60. The number of nitrogens with one attached hydrogen (secondary N) is 2. The number of hydrogen-bond donors (Lipinski definition) is 3. The Labute approximate surface area is 173 Å². The van der Waals surface area contributed by atoms with Crippen molar-refractivity contribution in [3.05, 3.63) is 52.8 Å². The molecule has 1 aromatic carbocycles. The molecule has 1 atom stereocenters. The molecule has 1 aliphatic heterocycles. The maximum absolute atomic E-state index is 12.8. The standard InChI is InChI=1S/C23H32N4O2/c1-5-26(6-2)15-19(28)12-25-23(29)22-16(3)13-27(17(22)4)14-18-11-24-21-10-8-7-9-20(18)21/h7-10,13-14,19,24,28H,5-6,11-12,15H2,1-4H3,(H,25,29). The van der Waals surface area contributed by atoms with Crippen molar-refractivity contribution in [2.45, 2.75) is 33.8 Å². The molecular weight excluding hydrogens is 364 g/mol. The normalized spacial score (nSPS) is 15.4. The fourth-order valence-electron chi connectivity index (χ4n) is 3.89. The summed E-state index contributed by atoms with van der Waals surface area (Å²) >= 11 is 0. The molecule has 0 radical (unpaired) electrons. The molecule has 29 heavy (non-hydrogen) atoms. The van der Waals surface area contributed by atoms with Crippen molar-refractivity contribution < 1.29 is 9.90 Å². The fourth-order valence-corrected chi connectivity index (χ4v) is 3.89. The quantitative estimate of drug-likeness (QED) is 0.642. The summed E-state index contributed by atoms with van der Waals surface area (Å²) < 4.78 is 2.02. The number of fused-ring (bicyclic) bond motifs is 1. The van der Waals surface area contributed by atoms with Crippen LogP contribution in [0, 0.1) is 13.8 Å². The molecule has 156 valence electrons. The van der Waals surface area contributed by atoms with Crippen LogP contribution in [0.1, 0.15) is 41.0 Å². The predicted molar refractivity (Wildman–Crippen MR) is 119 cm³/mol. The van der Waals surface area contributed by atoms with E-state index in [0.29, 0.717) is 12.1 Å². The molecule has 0 spiro atoms. The van der Waals surface area contributed by atoms with Gasteiger partial charge in [-0.3, -0.25) is 4.79 Å². The molecule has 0 fully saturated rings. The van der Waals surface area contributed by atoms with Crippen LogP contribution in [-0.4, -0.2) is 59.3 Å². The molecule has 1 amide bonds. The number of aromatic nitrogens is 1. The SMILES string of the molecule is CCN(CC)CC(O)CNC(=O)c1c(C)cn(C=C2CNc3ccccc32)c1C. The van der Waals surface area contributed by atoms with Crippen LogP contribution in [0.5, 0.6) is 0 Å². The first-order valence-corrected chi connectivity index (χ1v) is 10.3. The zero-order valence-corrected chi connectivity index (χ0v) is 17.8. The van der Waals surface area contributed by atoms with Crippen molar-refractivity contribution in [3.63, 3.8) is 0 Å². The van der Waals surface area contributed by atoms with Gasteiger partial charge in [0.2, 0.25) is 0 Å². The number of benzene rings is 1. The number of anilines is 1. The zero-order chi connectivity index (χ0) is 21.0. The number of amides is 1. The molecule has 6 heteroatoms. The maximum atomic E-state index is 12.8. The Hall–Kier alpha value is -2.57. The molecule has 3 rings (SSSR count). The second-order valence-corrected chi connectivity index (χ2v) is 7.58. The van der Waals surface area contributed by atoms with E-state index in [2.05, 4.69) is 47.7 Å². The average molecular weight is 397 g/mol. The van der Waals surface area contributed by atoms with Gasteiger partial charge in [0.1, 0.15) is 0 Å². The van der Waals surface area contributed by atoms with Gasteiger partial charge in [-0.2, -0.15) is 0 Å². The minimum absolute atomic E-state index is 0.138. The molecular formula is C23H32N4O2. The number of hydrogen-bond acceptors (Lipinski definition) is 4. The highest BCUT2D eigenvalue weighted by atomic mass is 16.3. The lowest BCUT2D eigenvalue weighted by Crippen LogP contribution is -2.40. The highest BCUT2D eigenvalue weighted by Gasteiger charge is 2.20. The van der Waals surface area contributed by atoms with Gasteiger partial charge in [-0.25, -0.2) is 0 Å². The molecule has 1 unspecified atom stereocenters. The average Bonchev–Trinajstić information content (AvgIpc) is 3.25. The van der Waals surface area contributed by atoms with E-state index in [1.165, 1.54) is 11.1 Å². The van der Waals surface area contributed by atoms with E-state index in [4.69, 9.17) is 0 Å². The molecule has 0 saturated heterocycles. The largest absolute Gasteiger partial charge is 0.390 e. The first-order chi connectivity index (χ1) is 13.9. The summed E-state index contributed by atoms with van der Waals surface area (Å²) in [6.45, 7) is 11.4. The van der Waals surface area contributed by atoms with Gasteiger partial charge in [0.25, 0.3) is 5.91 Å². The number of rotatable bonds is 8. The van der Waals surface area contributed by atoms with Crippen molar-refractivity contribution in [2.75, 3.05) is 38.0 Å². The number of carbonyl (C=O) groups is 1. The molecule has 3 N–H and O–H groups in total. The topological polar surface area (TPSA) is 69.5 Å². The van der Waals surface area contributed by atoms with Crippen molar-refractivity contribution in [1.29, 1.82) is 0 Å². The van der Waals surface area contributed by atoms with Gasteiger partial charge >= 0.3 is 0 Å². The summed E-state index contributed by atoms with van der Waals surface area (Å²) in [6.07, 6.45) is 3.50. The summed E-state index contributed by atoms with van der Waals surface area (Å²) in [5.74, 6) is -0.138. The Morgan fingerprint density at radius 1 is 1.31 bits per heavy atom. The van der Waals surface area contributed by atoms with Crippen molar-refractivity contribution in [3.8, 4) is 0 Å². The number of aliphatic hydroxyl groups excluding tert-OH is 1. The molecule has 6 nitrogen and oxygen atoms in total. The molecule has 1 aliphatic rings. The number of nitrogens with zero attached hydrogens (tertiary/aromatic N) is 2. The van der Waals surface area contributed by atoms with Gasteiger partial charge in [-0.05, 0) is 44.1 Å². The van der Waals surface area contributed by atoms with Crippen LogP contribution in [-0.2, 0) is 0 Å². The number of aliphatic hydroxyl groups is 1. The molecule has 2 heterocycles. The highest BCUT2D eigenvalue weighted by molar-refractivity contribution is 5.97. The summed E-state index contributed by atoms with van der Waals surface area (Å²) in [6, 6.07) is 8.25. The molecule has 1 aromatic heterocycles. The Kier molecular flexibility index (Phi) is 6.77. The minimum atomic E-state index is -0.579. The van der Waals surface area contributed by atoms with Crippen LogP contribution in [0.3, 0.4) is 0 Å². The number of likely N-dealkylation sites (N-methyl/N-ethyl adjacent to an activating group) is 1. The smallest absolute Gasteiger partial charge is 0.253 e. The van der Waals surface area contributed by atoms with E-state index in [-0.39, 0.29) is 12.5 Å². The summed E-state index contributed by atoms with van der Waals surface area (Å²) in [7, 11) is 0. The lowest BCUT2D eigenvalue weighted by molar-refractivity contribution is 0.0868. The second kappa shape index (κ2) is 9.29. The van der Waals surface area contributed by atoms with Crippen LogP contribution >= 0.6 is 0 Å². The first-order valence-electron chi connectivity index (χ1n) is 10.3. The number of para-hydroxylation sites is 1. The van der Waals surface area contributed by atoms with E-state index in [0.717, 1.165) is 36.6 Å². The maximum Gasteiger partial charge on any atom is 0.253 e. The van der Waals surface area contributed by atoms with Crippen LogP contribution in [0.15, 0.2) is 30.5 Å². The summed E-state index contributed by atoms with van der Waals surface area (Å²) in [5, 5.41) is 16.5. The summed E-state index contributed by atoms with van der Waals surface area (Å²) in [5.41, 5.74) is 6.03. The third kappa shape index (κ3) is 4.71. The Bertz CT molecular complexity index is 896. The van der Waals surface area contributed by atoms with Crippen LogP contribution < -0.4 is 10.6 Å². The Morgan fingerprint density at radius 3 is 2.76 bits per heavy atom. The van der Waals surface area contributed by atoms with Gasteiger partial charge in [0, 0.05) is 49.0 Å². The van der Waals surface area contributed by atoms with Crippen LogP contribution in [0.25, 0.3) is 11.8 Å². The van der Waals surface area contributed by atoms with E-state index >= 15 is 0 Å². The Morgan fingerprint density at radius 2 is 2.03 bits per heavy atom. The fraction of sp³-hybridized carbons (Fsp3) is 0.435. The highest BCUT2D eigenvalue weighted by Crippen LogP contribution is 2.31. The lowest BCUT2D eigenvalue weighted by Gasteiger charge is -2.22. The van der Waals surface area contributed by atoms with Gasteiger partial charge in [0.05, 0.1) is 11.7 Å². The minimum Gasteiger partial charge on any atom is -0.390 e. The first kappa shape index (κ1) is 21.1. The van der Waals surface area contributed by atoms with Crippen molar-refractivity contribution in [2.24, 2.45) is 0 Å². The number of aryl methyl sites for hydroxylation is 1. The lowest BCUT2D eigenvalue weighted by atomic mass is 10.1. The molecule has 2 aromatic rings. The molecule has 0 saturated carbocycles. The van der Waals surface area contributed by atoms with Crippen molar-refractivity contribution in [1.82, 2.24) is 14.8 Å². The van der Waals surface area contributed by atoms with Gasteiger partial charge in [-0.1, -0.05) is 32.0 Å². The van der Waals surface area contributed by atoms with E-state index in [1.54, 1.807) is 0 Å². The van der Waals surface area contributed by atoms with E-state index < -0.39 is 6.10 Å². The third-order valence-corrected chi connectivity index (χ3v) is 5.60. The van der Waals surface area contributed by atoms with Crippen molar-refractivity contribution >= 4 is 23.4 Å². The van der Waals surface area contributed by atoms with E-state index in [1.807, 2.05) is 36.7 Å². The molecule has 0 aliphatic carbocycles.